The predicted molar refractivity (Wildman–Crippen MR) is 57.6 cm³/mol. The van der Waals surface area contributed by atoms with Crippen molar-refractivity contribution < 1.29 is 9.00 Å². The Morgan fingerprint density at radius 3 is 2.36 bits per heavy atom. The second-order valence-corrected chi connectivity index (χ2v) is 6.52. The fourth-order valence-corrected chi connectivity index (χ4v) is 4.87. The largest absolute Gasteiger partial charge is 0.299 e. The Hall–Kier alpha value is -0.180. The van der Waals surface area contributed by atoms with Crippen LogP contribution in [0.1, 0.15) is 45.4 Å². The van der Waals surface area contributed by atoms with Crippen LogP contribution in [0, 0.1) is 5.92 Å². The molecular formula is C11H18O2S. The van der Waals surface area contributed by atoms with E-state index in [1.54, 1.807) is 0 Å². The molecule has 0 aromatic rings. The third-order valence-corrected chi connectivity index (χ3v) is 5.68. The number of carbonyl (C=O) groups excluding carboxylic acids is 1. The average molecular weight is 214 g/mol. The Labute approximate surface area is 87.9 Å². The first-order valence-electron chi connectivity index (χ1n) is 5.64. The summed E-state index contributed by atoms with van der Waals surface area (Å²) in [5.41, 5.74) is 0. The van der Waals surface area contributed by atoms with Crippen molar-refractivity contribution in [1.29, 1.82) is 0 Å². The van der Waals surface area contributed by atoms with Crippen molar-refractivity contribution in [3.8, 4) is 0 Å². The average Bonchev–Trinajstić information content (AvgIpc) is 2.42. The third-order valence-electron chi connectivity index (χ3n) is 3.51. The van der Waals surface area contributed by atoms with Gasteiger partial charge in [0.2, 0.25) is 0 Å². The highest BCUT2D eigenvalue weighted by Gasteiger charge is 2.42. The zero-order valence-electron chi connectivity index (χ0n) is 8.70. The smallest absolute Gasteiger partial charge is 0.136 e. The van der Waals surface area contributed by atoms with E-state index in [1.165, 1.54) is 0 Å². The Bertz CT molecular complexity index is 246. The van der Waals surface area contributed by atoms with Crippen LogP contribution in [0.4, 0.5) is 0 Å². The van der Waals surface area contributed by atoms with Gasteiger partial charge in [-0.15, -0.1) is 0 Å². The third kappa shape index (κ3) is 1.79. The first-order valence-corrected chi connectivity index (χ1v) is 6.92. The molecule has 2 bridgehead atoms. The van der Waals surface area contributed by atoms with Crippen LogP contribution in [0.2, 0.25) is 0 Å². The lowest BCUT2D eigenvalue weighted by Gasteiger charge is -2.26. The summed E-state index contributed by atoms with van der Waals surface area (Å²) in [5.74, 6) is 0.659. The molecule has 0 spiro atoms. The van der Waals surface area contributed by atoms with Crippen molar-refractivity contribution >= 4 is 16.6 Å². The lowest BCUT2D eigenvalue weighted by atomic mass is 9.92. The van der Waals surface area contributed by atoms with Gasteiger partial charge in [0.1, 0.15) is 5.78 Å². The Morgan fingerprint density at radius 2 is 1.86 bits per heavy atom. The fourth-order valence-electron chi connectivity index (χ4n) is 2.75. The molecule has 2 unspecified atom stereocenters. The second kappa shape index (κ2) is 4.13. The van der Waals surface area contributed by atoms with Gasteiger partial charge in [-0.2, -0.15) is 0 Å². The molecule has 2 aliphatic rings. The quantitative estimate of drug-likeness (QED) is 0.720. The van der Waals surface area contributed by atoms with Crippen molar-refractivity contribution in [3.63, 3.8) is 0 Å². The molecule has 2 atom stereocenters. The molecular weight excluding hydrogens is 196 g/mol. The van der Waals surface area contributed by atoms with E-state index >= 15 is 0 Å². The van der Waals surface area contributed by atoms with Crippen LogP contribution in [0.15, 0.2) is 0 Å². The van der Waals surface area contributed by atoms with E-state index in [1.807, 2.05) is 6.92 Å². The highest BCUT2D eigenvalue weighted by atomic mass is 32.2. The molecule has 0 saturated carbocycles. The topological polar surface area (TPSA) is 34.1 Å². The lowest BCUT2D eigenvalue weighted by Crippen LogP contribution is -2.32. The molecule has 0 aromatic carbocycles. The molecule has 0 aromatic heterocycles. The summed E-state index contributed by atoms with van der Waals surface area (Å²) in [6.45, 7) is 2.05. The molecule has 0 radical (unpaired) electrons. The van der Waals surface area contributed by atoms with Gasteiger partial charge >= 0.3 is 0 Å². The molecule has 2 heterocycles. The maximum atomic E-state index is 11.7. The number of hydrogen-bond donors (Lipinski definition) is 0. The molecule has 14 heavy (non-hydrogen) atoms. The standard InChI is InChI=1S/C11H18O2S/c1-2-3-11(12)8-6-9-4-5-10(7-8)14(9)13/h8-10H,2-7H2,1H3. The number of fused-ring (bicyclic) bond motifs is 2. The first-order chi connectivity index (χ1) is 6.72. The highest BCUT2D eigenvalue weighted by molar-refractivity contribution is 7.86. The van der Waals surface area contributed by atoms with E-state index in [4.69, 9.17) is 0 Å². The zero-order valence-corrected chi connectivity index (χ0v) is 9.52. The fraction of sp³-hybridized carbons (Fsp3) is 0.909. The summed E-state index contributed by atoms with van der Waals surface area (Å²) in [7, 11) is -0.612. The van der Waals surface area contributed by atoms with Crippen LogP contribution in [0.25, 0.3) is 0 Å². The summed E-state index contributed by atoms with van der Waals surface area (Å²) in [6, 6.07) is 0. The van der Waals surface area contributed by atoms with Gasteiger partial charge in [0.05, 0.1) is 0 Å². The zero-order chi connectivity index (χ0) is 10.1. The number of rotatable bonds is 3. The van der Waals surface area contributed by atoms with E-state index in [0.29, 0.717) is 16.3 Å². The van der Waals surface area contributed by atoms with Gasteiger partial charge in [-0.25, -0.2) is 0 Å². The molecule has 3 heteroatoms. The summed E-state index contributed by atoms with van der Waals surface area (Å²) < 4.78 is 11.7. The van der Waals surface area contributed by atoms with Crippen molar-refractivity contribution in [3.05, 3.63) is 0 Å². The van der Waals surface area contributed by atoms with Crippen LogP contribution >= 0.6 is 0 Å². The molecule has 2 aliphatic heterocycles. The normalized spacial score (nSPS) is 41.2. The number of ketones is 1. The monoisotopic (exact) mass is 214 g/mol. The van der Waals surface area contributed by atoms with Gasteiger partial charge in [0, 0.05) is 33.6 Å². The highest BCUT2D eigenvalue weighted by Crippen LogP contribution is 2.39. The minimum atomic E-state index is -0.612. The number of hydrogen-bond acceptors (Lipinski definition) is 2. The molecule has 0 aliphatic carbocycles. The number of carbonyl (C=O) groups is 1. The van der Waals surface area contributed by atoms with Crippen molar-refractivity contribution in [2.75, 3.05) is 0 Å². The SMILES string of the molecule is CCCC(=O)C1CC2CCC(C1)S2=O. The van der Waals surface area contributed by atoms with Gasteiger partial charge in [-0.05, 0) is 32.1 Å². The summed E-state index contributed by atoms with van der Waals surface area (Å²) in [5, 5.41) is 0.694. The van der Waals surface area contributed by atoms with Gasteiger partial charge < -0.3 is 0 Å². The van der Waals surface area contributed by atoms with Crippen LogP contribution < -0.4 is 0 Å². The predicted octanol–water partition coefficient (Wildman–Crippen LogP) is 2.05. The molecule has 0 amide bonds. The van der Waals surface area contributed by atoms with E-state index < -0.39 is 10.8 Å². The summed E-state index contributed by atoms with van der Waals surface area (Å²) >= 11 is 0. The minimum absolute atomic E-state index is 0.241. The van der Waals surface area contributed by atoms with Gasteiger partial charge in [-0.1, -0.05) is 6.92 Å². The van der Waals surface area contributed by atoms with Crippen molar-refractivity contribution in [2.45, 2.75) is 55.9 Å². The summed E-state index contributed by atoms with van der Waals surface area (Å²) in [6.07, 6.45) is 5.66. The first kappa shape index (κ1) is 10.3. The van der Waals surface area contributed by atoms with E-state index in [0.717, 1.165) is 38.5 Å². The maximum absolute atomic E-state index is 11.7. The minimum Gasteiger partial charge on any atom is -0.299 e. The van der Waals surface area contributed by atoms with Crippen LogP contribution in [-0.2, 0) is 15.6 Å². The van der Waals surface area contributed by atoms with E-state index in [2.05, 4.69) is 0 Å². The lowest BCUT2D eigenvalue weighted by molar-refractivity contribution is -0.123. The number of Topliss-reactive ketones (excluding diaryl/α,β-unsaturated/α-hetero) is 1. The Morgan fingerprint density at radius 1 is 1.29 bits per heavy atom. The van der Waals surface area contributed by atoms with Gasteiger partial charge in [0.25, 0.3) is 0 Å². The van der Waals surface area contributed by atoms with Gasteiger partial charge in [-0.3, -0.25) is 9.00 Å². The molecule has 0 N–H and O–H groups in total. The van der Waals surface area contributed by atoms with E-state index in [9.17, 15) is 9.00 Å². The van der Waals surface area contributed by atoms with Gasteiger partial charge in [0.15, 0.2) is 0 Å². The van der Waals surface area contributed by atoms with Crippen molar-refractivity contribution in [2.24, 2.45) is 5.92 Å². The molecule has 2 saturated heterocycles. The molecule has 2 nitrogen and oxygen atoms in total. The molecule has 2 rings (SSSR count). The van der Waals surface area contributed by atoms with E-state index in [-0.39, 0.29) is 5.92 Å². The maximum Gasteiger partial charge on any atom is 0.136 e. The van der Waals surface area contributed by atoms with Crippen LogP contribution in [0.5, 0.6) is 0 Å². The van der Waals surface area contributed by atoms with Crippen molar-refractivity contribution in [1.82, 2.24) is 0 Å². The van der Waals surface area contributed by atoms with Crippen LogP contribution in [-0.4, -0.2) is 20.5 Å². The van der Waals surface area contributed by atoms with Crippen LogP contribution in [0.3, 0.4) is 0 Å². The molecule has 80 valence electrons. The summed E-state index contributed by atoms with van der Waals surface area (Å²) in [4.78, 5) is 11.7. The second-order valence-electron chi connectivity index (χ2n) is 4.53. The molecule has 2 fully saturated rings. The Balaban J connectivity index is 1.99. The Kier molecular flexibility index (Phi) is 3.05.